The van der Waals surface area contributed by atoms with E-state index >= 15 is 0 Å². The second-order valence-corrected chi connectivity index (χ2v) is 6.94. The van der Waals surface area contributed by atoms with Crippen LogP contribution in [0.1, 0.15) is 52.9 Å². The van der Waals surface area contributed by atoms with E-state index in [-0.39, 0.29) is 5.97 Å². The highest BCUT2D eigenvalue weighted by atomic mass is 16.5. The highest BCUT2D eigenvalue weighted by Gasteiger charge is 2.53. The zero-order valence-electron chi connectivity index (χ0n) is 14.2. The van der Waals surface area contributed by atoms with Crippen molar-refractivity contribution in [1.29, 1.82) is 0 Å². The molecule has 4 heteroatoms. The molecule has 2 aliphatic rings. The number of ether oxygens (including phenoxy) is 1. The van der Waals surface area contributed by atoms with Crippen LogP contribution in [0.5, 0.6) is 0 Å². The first kappa shape index (κ1) is 16.8. The Morgan fingerprint density at radius 2 is 2.00 bits per heavy atom. The van der Waals surface area contributed by atoms with Gasteiger partial charge in [0.2, 0.25) is 0 Å². The number of likely N-dealkylation sites (tertiary alicyclic amines) is 1. The summed E-state index contributed by atoms with van der Waals surface area (Å²) in [6.07, 6.45) is 6.00. The van der Waals surface area contributed by atoms with Crippen molar-refractivity contribution in [2.24, 2.45) is 11.3 Å². The maximum Gasteiger partial charge on any atom is 0.327 e. The lowest BCUT2D eigenvalue weighted by atomic mass is 9.82. The zero-order valence-corrected chi connectivity index (χ0v) is 14.2. The van der Waals surface area contributed by atoms with Crippen LogP contribution in [0.3, 0.4) is 0 Å². The first-order valence-electron chi connectivity index (χ1n) is 8.61. The van der Waals surface area contributed by atoms with E-state index < -0.39 is 5.54 Å². The van der Waals surface area contributed by atoms with E-state index in [4.69, 9.17) is 4.74 Å². The van der Waals surface area contributed by atoms with Crippen molar-refractivity contribution in [3.05, 3.63) is 0 Å². The second kappa shape index (κ2) is 6.66. The van der Waals surface area contributed by atoms with Crippen LogP contribution in [-0.2, 0) is 9.53 Å². The Bertz CT molecular complexity index is 364. The summed E-state index contributed by atoms with van der Waals surface area (Å²) in [6.45, 7) is 10.5. The molecule has 0 amide bonds. The van der Waals surface area contributed by atoms with Crippen LogP contribution >= 0.6 is 0 Å². The highest BCUT2D eigenvalue weighted by molar-refractivity contribution is 5.82. The largest absolute Gasteiger partial charge is 0.468 e. The normalized spacial score (nSPS) is 24.8. The standard InChI is InChI=1S/C17H32N2O2/c1-5-16(6-2)10-11-19(12-16)13-17(18-7-3,14-8-9-14)15(20)21-4/h14,18H,5-13H2,1-4H3. The van der Waals surface area contributed by atoms with Crippen LogP contribution in [0.15, 0.2) is 0 Å². The summed E-state index contributed by atoms with van der Waals surface area (Å²) >= 11 is 0. The van der Waals surface area contributed by atoms with Crippen molar-refractivity contribution >= 4 is 5.97 Å². The molecule has 0 bridgehead atoms. The molecule has 4 nitrogen and oxygen atoms in total. The van der Waals surface area contributed by atoms with Gasteiger partial charge in [-0.2, -0.15) is 0 Å². The minimum Gasteiger partial charge on any atom is -0.468 e. The maximum absolute atomic E-state index is 12.5. The summed E-state index contributed by atoms with van der Waals surface area (Å²) in [4.78, 5) is 15.0. The predicted molar refractivity (Wildman–Crippen MR) is 85.2 cm³/mol. The Labute approximate surface area is 129 Å². The molecule has 1 saturated carbocycles. The van der Waals surface area contributed by atoms with Crippen LogP contribution in [0.25, 0.3) is 0 Å². The van der Waals surface area contributed by atoms with Crippen LogP contribution in [-0.4, -0.2) is 49.7 Å². The summed E-state index contributed by atoms with van der Waals surface area (Å²) in [7, 11) is 1.52. The lowest BCUT2D eigenvalue weighted by molar-refractivity contribution is -0.150. The summed E-state index contributed by atoms with van der Waals surface area (Å²) in [5, 5.41) is 3.48. The molecular weight excluding hydrogens is 264 g/mol. The van der Waals surface area contributed by atoms with Crippen LogP contribution < -0.4 is 5.32 Å². The number of nitrogens with zero attached hydrogens (tertiary/aromatic N) is 1. The molecule has 122 valence electrons. The maximum atomic E-state index is 12.5. The van der Waals surface area contributed by atoms with E-state index in [1.807, 2.05) is 0 Å². The molecule has 2 fully saturated rings. The molecule has 0 aromatic heterocycles. The number of rotatable bonds is 8. The molecular formula is C17H32N2O2. The van der Waals surface area contributed by atoms with Gasteiger partial charge in [0, 0.05) is 13.1 Å². The van der Waals surface area contributed by atoms with Crippen LogP contribution in [0.4, 0.5) is 0 Å². The van der Waals surface area contributed by atoms with Gasteiger partial charge in [-0.05, 0) is 56.5 Å². The average molecular weight is 296 g/mol. The van der Waals surface area contributed by atoms with Gasteiger partial charge in [-0.3, -0.25) is 0 Å². The van der Waals surface area contributed by atoms with Crippen molar-refractivity contribution in [1.82, 2.24) is 10.2 Å². The third-order valence-electron chi connectivity index (χ3n) is 5.81. The minimum absolute atomic E-state index is 0.0719. The van der Waals surface area contributed by atoms with Crippen molar-refractivity contribution < 1.29 is 9.53 Å². The van der Waals surface area contributed by atoms with E-state index in [1.54, 1.807) is 0 Å². The third kappa shape index (κ3) is 3.26. The number of carbonyl (C=O) groups is 1. The first-order chi connectivity index (χ1) is 10.1. The highest BCUT2D eigenvalue weighted by Crippen LogP contribution is 2.43. The molecule has 0 aromatic carbocycles. The van der Waals surface area contributed by atoms with E-state index in [9.17, 15) is 4.79 Å². The van der Waals surface area contributed by atoms with Crippen molar-refractivity contribution in [3.8, 4) is 0 Å². The Hall–Kier alpha value is -0.610. The number of hydrogen-bond donors (Lipinski definition) is 1. The van der Waals surface area contributed by atoms with Gasteiger partial charge in [-0.15, -0.1) is 0 Å². The van der Waals surface area contributed by atoms with Crippen LogP contribution in [0.2, 0.25) is 0 Å². The van der Waals surface area contributed by atoms with Crippen molar-refractivity contribution in [2.45, 2.75) is 58.4 Å². The molecule has 1 heterocycles. The Morgan fingerprint density at radius 3 is 2.43 bits per heavy atom. The quantitative estimate of drug-likeness (QED) is 0.699. The molecule has 1 atom stereocenters. The zero-order chi connectivity index (χ0) is 15.5. The van der Waals surface area contributed by atoms with E-state index in [2.05, 4.69) is 31.0 Å². The van der Waals surface area contributed by atoms with Crippen molar-refractivity contribution in [2.75, 3.05) is 33.3 Å². The van der Waals surface area contributed by atoms with Gasteiger partial charge >= 0.3 is 5.97 Å². The molecule has 1 aliphatic heterocycles. The molecule has 1 N–H and O–H groups in total. The van der Waals surface area contributed by atoms with E-state index in [1.165, 1.54) is 26.4 Å². The fourth-order valence-corrected chi connectivity index (χ4v) is 4.05. The summed E-state index contributed by atoms with van der Waals surface area (Å²) in [5.74, 6) is 0.375. The Balaban J connectivity index is 2.11. The molecule has 1 unspecified atom stereocenters. The monoisotopic (exact) mass is 296 g/mol. The summed E-state index contributed by atoms with van der Waals surface area (Å²) in [6, 6.07) is 0. The Morgan fingerprint density at radius 1 is 1.33 bits per heavy atom. The number of methoxy groups -OCH3 is 1. The van der Waals surface area contributed by atoms with Gasteiger partial charge in [0.25, 0.3) is 0 Å². The Kier molecular flexibility index (Phi) is 5.31. The number of esters is 1. The number of carbonyl (C=O) groups excluding carboxylic acids is 1. The SMILES string of the molecule is CCNC(CN1CCC(CC)(CC)C1)(C(=O)OC)C1CC1. The lowest BCUT2D eigenvalue weighted by Crippen LogP contribution is -2.61. The predicted octanol–water partition coefficient (Wildman–Crippen LogP) is 2.43. The van der Waals surface area contributed by atoms with E-state index in [0.29, 0.717) is 11.3 Å². The minimum atomic E-state index is -0.485. The molecule has 21 heavy (non-hydrogen) atoms. The summed E-state index contributed by atoms with van der Waals surface area (Å²) in [5.41, 5.74) is -0.0291. The van der Waals surface area contributed by atoms with Gasteiger partial charge < -0.3 is 15.0 Å². The molecule has 1 aliphatic carbocycles. The average Bonchev–Trinajstić information content (AvgIpc) is 3.28. The molecule has 1 saturated heterocycles. The fourth-order valence-electron chi connectivity index (χ4n) is 4.05. The van der Waals surface area contributed by atoms with Crippen molar-refractivity contribution in [3.63, 3.8) is 0 Å². The third-order valence-corrected chi connectivity index (χ3v) is 5.81. The molecule has 0 spiro atoms. The topological polar surface area (TPSA) is 41.6 Å². The number of nitrogens with one attached hydrogen (secondary N) is 1. The molecule has 0 radical (unpaired) electrons. The van der Waals surface area contributed by atoms with Gasteiger partial charge in [-0.25, -0.2) is 4.79 Å². The first-order valence-corrected chi connectivity index (χ1v) is 8.61. The smallest absolute Gasteiger partial charge is 0.327 e. The molecule has 2 rings (SSSR count). The molecule has 0 aromatic rings. The van der Waals surface area contributed by atoms with Gasteiger partial charge in [0.1, 0.15) is 5.54 Å². The van der Waals surface area contributed by atoms with Crippen LogP contribution in [0, 0.1) is 11.3 Å². The van der Waals surface area contributed by atoms with Gasteiger partial charge in [0.05, 0.1) is 7.11 Å². The number of likely N-dealkylation sites (N-methyl/N-ethyl adjacent to an activating group) is 1. The number of hydrogen-bond acceptors (Lipinski definition) is 4. The van der Waals surface area contributed by atoms with Gasteiger partial charge in [0.15, 0.2) is 0 Å². The second-order valence-electron chi connectivity index (χ2n) is 6.94. The lowest BCUT2D eigenvalue weighted by Gasteiger charge is -2.36. The van der Waals surface area contributed by atoms with E-state index in [0.717, 1.165) is 39.0 Å². The summed E-state index contributed by atoms with van der Waals surface area (Å²) < 4.78 is 5.16. The fraction of sp³-hybridized carbons (Fsp3) is 0.941. The van der Waals surface area contributed by atoms with Gasteiger partial charge in [-0.1, -0.05) is 20.8 Å².